The van der Waals surface area contributed by atoms with Crippen molar-refractivity contribution in [3.05, 3.63) is 23.8 Å². The molecule has 0 aliphatic heterocycles. The van der Waals surface area contributed by atoms with Crippen LogP contribution in [0.15, 0.2) is 18.2 Å². The largest absolute Gasteiger partial charge is 0.497 e. The van der Waals surface area contributed by atoms with Crippen LogP contribution in [0.4, 0.5) is 0 Å². The van der Waals surface area contributed by atoms with E-state index in [4.69, 9.17) is 21.1 Å². The van der Waals surface area contributed by atoms with Crippen molar-refractivity contribution in [2.45, 2.75) is 51.3 Å². The van der Waals surface area contributed by atoms with E-state index in [0.717, 1.165) is 17.1 Å². The Balaban J connectivity index is 2.38. The first kappa shape index (κ1) is 16.5. The van der Waals surface area contributed by atoms with E-state index < -0.39 is 0 Å². The van der Waals surface area contributed by atoms with Gasteiger partial charge in [0, 0.05) is 5.56 Å². The number of halogens is 1. The first-order chi connectivity index (χ1) is 10.0. The number of hydrogen-bond donors (Lipinski definition) is 0. The highest BCUT2D eigenvalue weighted by Gasteiger charge is 2.42. The molecular weight excluding hydrogens is 284 g/mol. The van der Waals surface area contributed by atoms with Crippen molar-refractivity contribution in [2.75, 3.05) is 14.2 Å². The molecule has 0 N–H and O–H groups in total. The fraction of sp³-hybridized carbons (Fsp3) is 0.667. The monoisotopic (exact) mass is 310 g/mol. The third-order valence-corrected chi connectivity index (χ3v) is 5.36. The van der Waals surface area contributed by atoms with E-state index in [-0.39, 0.29) is 10.8 Å². The first-order valence-electron chi connectivity index (χ1n) is 7.88. The van der Waals surface area contributed by atoms with Gasteiger partial charge in [-0.1, -0.05) is 26.7 Å². The summed E-state index contributed by atoms with van der Waals surface area (Å²) in [7, 11) is 3.40. The standard InChI is InChI=1S/C18H27ClO2/c1-13(2)12-18(9-5-6-10-18)17(19)15-11-14(20-3)7-8-16(15)21-4/h7-8,11,13,17H,5-6,9-10,12H2,1-4H3. The molecule has 0 saturated heterocycles. The van der Waals surface area contributed by atoms with Crippen molar-refractivity contribution in [1.29, 1.82) is 0 Å². The lowest BCUT2D eigenvalue weighted by Gasteiger charge is -2.36. The first-order valence-corrected chi connectivity index (χ1v) is 8.32. The zero-order chi connectivity index (χ0) is 15.5. The van der Waals surface area contributed by atoms with Gasteiger partial charge in [-0.25, -0.2) is 0 Å². The van der Waals surface area contributed by atoms with Gasteiger partial charge in [-0.15, -0.1) is 11.6 Å². The van der Waals surface area contributed by atoms with E-state index >= 15 is 0 Å². The molecule has 1 aromatic rings. The molecule has 1 fully saturated rings. The van der Waals surface area contributed by atoms with Crippen molar-refractivity contribution >= 4 is 11.6 Å². The summed E-state index contributed by atoms with van der Waals surface area (Å²) >= 11 is 6.99. The third-order valence-electron chi connectivity index (χ3n) is 4.66. The van der Waals surface area contributed by atoms with E-state index in [2.05, 4.69) is 13.8 Å². The van der Waals surface area contributed by atoms with Crippen molar-refractivity contribution in [3.63, 3.8) is 0 Å². The second-order valence-electron chi connectivity index (χ2n) is 6.64. The molecule has 1 aliphatic rings. The smallest absolute Gasteiger partial charge is 0.123 e. The van der Waals surface area contributed by atoms with Crippen LogP contribution in [-0.2, 0) is 0 Å². The lowest BCUT2D eigenvalue weighted by Crippen LogP contribution is -2.25. The number of alkyl halides is 1. The summed E-state index contributed by atoms with van der Waals surface area (Å²) in [6, 6.07) is 5.92. The third kappa shape index (κ3) is 3.48. The summed E-state index contributed by atoms with van der Waals surface area (Å²) in [4.78, 5) is 0. The van der Waals surface area contributed by atoms with Crippen LogP contribution >= 0.6 is 11.6 Å². The average molecular weight is 311 g/mol. The van der Waals surface area contributed by atoms with E-state index in [0.29, 0.717) is 5.92 Å². The Kier molecular flexibility index (Phi) is 5.43. The summed E-state index contributed by atoms with van der Waals surface area (Å²) in [5, 5.41) is -0.0209. The van der Waals surface area contributed by atoms with Crippen LogP contribution in [0.1, 0.15) is 56.9 Å². The Morgan fingerprint density at radius 2 is 1.81 bits per heavy atom. The summed E-state index contributed by atoms with van der Waals surface area (Å²) in [5.41, 5.74) is 1.26. The Morgan fingerprint density at radius 3 is 2.33 bits per heavy atom. The topological polar surface area (TPSA) is 18.5 Å². The van der Waals surface area contributed by atoms with Crippen molar-refractivity contribution < 1.29 is 9.47 Å². The summed E-state index contributed by atoms with van der Waals surface area (Å²) in [5.74, 6) is 2.36. The number of benzene rings is 1. The molecule has 118 valence electrons. The Hall–Kier alpha value is -0.890. The summed E-state index contributed by atoms with van der Waals surface area (Å²) < 4.78 is 10.9. The van der Waals surface area contributed by atoms with Gasteiger partial charge in [0.2, 0.25) is 0 Å². The molecule has 0 heterocycles. The fourth-order valence-corrected chi connectivity index (χ4v) is 4.30. The zero-order valence-electron chi connectivity index (χ0n) is 13.6. The minimum absolute atomic E-state index is 0.0209. The van der Waals surface area contributed by atoms with Crippen LogP contribution in [0.3, 0.4) is 0 Å². The molecule has 1 unspecified atom stereocenters. The van der Waals surface area contributed by atoms with Crippen LogP contribution in [0, 0.1) is 11.3 Å². The maximum Gasteiger partial charge on any atom is 0.123 e. The van der Waals surface area contributed by atoms with Crippen LogP contribution < -0.4 is 9.47 Å². The quantitative estimate of drug-likeness (QED) is 0.638. The lowest BCUT2D eigenvalue weighted by molar-refractivity contribution is 0.220. The molecule has 1 aliphatic carbocycles. The normalized spacial score (nSPS) is 18.8. The Morgan fingerprint density at radius 1 is 1.14 bits per heavy atom. The lowest BCUT2D eigenvalue weighted by atomic mass is 9.73. The van der Waals surface area contributed by atoms with Gasteiger partial charge in [0.25, 0.3) is 0 Å². The van der Waals surface area contributed by atoms with E-state index in [1.165, 1.54) is 32.1 Å². The highest BCUT2D eigenvalue weighted by molar-refractivity contribution is 6.21. The highest BCUT2D eigenvalue weighted by atomic mass is 35.5. The molecule has 21 heavy (non-hydrogen) atoms. The van der Waals surface area contributed by atoms with Crippen molar-refractivity contribution in [1.82, 2.24) is 0 Å². The van der Waals surface area contributed by atoms with Crippen LogP contribution in [0.25, 0.3) is 0 Å². The van der Waals surface area contributed by atoms with Crippen molar-refractivity contribution in [3.8, 4) is 11.5 Å². The minimum atomic E-state index is -0.0209. The molecule has 3 heteroatoms. The molecule has 2 rings (SSSR count). The van der Waals surface area contributed by atoms with E-state index in [1.807, 2.05) is 18.2 Å². The second kappa shape index (κ2) is 6.91. The summed E-state index contributed by atoms with van der Waals surface area (Å²) in [6.07, 6.45) is 6.14. The molecular formula is C18H27ClO2. The predicted molar refractivity (Wildman–Crippen MR) is 88.5 cm³/mol. The predicted octanol–water partition coefficient (Wildman–Crippen LogP) is 5.59. The maximum absolute atomic E-state index is 6.99. The van der Waals surface area contributed by atoms with Gasteiger partial charge in [-0.05, 0) is 48.8 Å². The second-order valence-corrected chi connectivity index (χ2v) is 7.07. The highest BCUT2D eigenvalue weighted by Crippen LogP contribution is 2.56. The molecule has 0 amide bonds. The van der Waals surface area contributed by atoms with Gasteiger partial charge < -0.3 is 9.47 Å². The number of rotatable bonds is 6. The molecule has 0 aromatic heterocycles. The molecule has 1 atom stereocenters. The number of ether oxygens (including phenoxy) is 2. The van der Waals surface area contributed by atoms with Gasteiger partial charge in [0.05, 0.1) is 19.6 Å². The van der Waals surface area contributed by atoms with E-state index in [1.54, 1.807) is 14.2 Å². The molecule has 2 nitrogen and oxygen atoms in total. The molecule has 0 spiro atoms. The van der Waals surface area contributed by atoms with Gasteiger partial charge >= 0.3 is 0 Å². The van der Waals surface area contributed by atoms with Gasteiger partial charge in [-0.3, -0.25) is 0 Å². The fourth-order valence-electron chi connectivity index (χ4n) is 3.82. The van der Waals surface area contributed by atoms with Gasteiger partial charge in [0.15, 0.2) is 0 Å². The number of hydrogen-bond acceptors (Lipinski definition) is 2. The Bertz CT molecular complexity index is 464. The van der Waals surface area contributed by atoms with Gasteiger partial charge in [-0.2, -0.15) is 0 Å². The van der Waals surface area contributed by atoms with E-state index in [9.17, 15) is 0 Å². The molecule has 0 bridgehead atoms. The van der Waals surface area contributed by atoms with Gasteiger partial charge in [0.1, 0.15) is 11.5 Å². The van der Waals surface area contributed by atoms with Crippen LogP contribution in [0.5, 0.6) is 11.5 Å². The van der Waals surface area contributed by atoms with Crippen molar-refractivity contribution in [2.24, 2.45) is 11.3 Å². The number of methoxy groups -OCH3 is 2. The molecule has 1 saturated carbocycles. The SMILES string of the molecule is COc1ccc(OC)c(C(Cl)C2(CC(C)C)CCCC2)c1. The van der Waals surface area contributed by atoms with Crippen LogP contribution in [0.2, 0.25) is 0 Å². The zero-order valence-corrected chi connectivity index (χ0v) is 14.4. The average Bonchev–Trinajstić information content (AvgIpc) is 2.94. The minimum Gasteiger partial charge on any atom is -0.497 e. The molecule has 1 aromatic carbocycles. The Labute approximate surface area is 133 Å². The summed E-state index contributed by atoms with van der Waals surface area (Å²) in [6.45, 7) is 4.57. The maximum atomic E-state index is 6.99. The molecule has 0 radical (unpaired) electrons. The van der Waals surface area contributed by atoms with Crippen LogP contribution in [-0.4, -0.2) is 14.2 Å².